The molecular weight excluding hydrogens is 631 g/mol. The predicted molar refractivity (Wildman–Crippen MR) is 164 cm³/mol. The second-order valence-electron chi connectivity index (χ2n) is 11.8. The van der Waals surface area contributed by atoms with Crippen molar-refractivity contribution in [2.24, 2.45) is 13.0 Å². The molecule has 46 heavy (non-hydrogen) atoms. The predicted octanol–water partition coefficient (Wildman–Crippen LogP) is 3.82. The number of hydrogen-bond donors (Lipinski definition) is 2. The highest BCUT2D eigenvalue weighted by Gasteiger charge is 2.33. The summed E-state index contributed by atoms with van der Waals surface area (Å²) in [5.74, 6) is -1.61. The van der Waals surface area contributed by atoms with E-state index in [4.69, 9.17) is 9.47 Å². The first-order chi connectivity index (χ1) is 21.5. The Morgan fingerprint density at radius 2 is 1.98 bits per heavy atom. The van der Waals surface area contributed by atoms with E-state index in [1.54, 1.807) is 14.0 Å². The second-order valence-corrected chi connectivity index (χ2v) is 13.8. The first-order valence-electron chi connectivity index (χ1n) is 15.2. The van der Waals surface area contributed by atoms with E-state index in [-0.39, 0.29) is 41.2 Å². The number of aliphatic hydroxyl groups excluding tert-OH is 1. The fourth-order valence-electron chi connectivity index (χ4n) is 4.97. The number of nitrogens with zero attached hydrogens (tertiary/aromatic N) is 4. The number of ether oxygens (including phenoxy) is 2. The highest BCUT2D eigenvalue weighted by Crippen LogP contribution is 2.29. The minimum Gasteiger partial charge on any atom is -0.490 e. The molecule has 4 atom stereocenters. The summed E-state index contributed by atoms with van der Waals surface area (Å²) in [6.07, 6.45) is -2.74. The number of anilines is 1. The van der Waals surface area contributed by atoms with E-state index < -0.39 is 65.5 Å². The molecule has 16 heteroatoms. The zero-order valence-electron chi connectivity index (χ0n) is 26.8. The number of aromatic nitrogens is 2. The summed E-state index contributed by atoms with van der Waals surface area (Å²) in [5, 5.41) is 12.4. The minimum atomic E-state index is -4.49. The summed E-state index contributed by atoms with van der Waals surface area (Å²) in [6.45, 7) is 5.28. The first kappa shape index (κ1) is 37.2. The van der Waals surface area contributed by atoms with Crippen LogP contribution in [0.2, 0.25) is 0 Å². The molecule has 258 valence electrons. The van der Waals surface area contributed by atoms with Crippen molar-refractivity contribution < 1.29 is 45.8 Å². The summed E-state index contributed by atoms with van der Waals surface area (Å²) in [4.78, 5) is 31.8. The maximum absolute atomic E-state index is 14.1. The van der Waals surface area contributed by atoms with Gasteiger partial charge in [-0.2, -0.15) is 17.5 Å². The molecule has 0 spiro atoms. The number of benzene rings is 1. The van der Waals surface area contributed by atoms with Crippen LogP contribution in [-0.2, 0) is 26.6 Å². The van der Waals surface area contributed by atoms with E-state index in [9.17, 15) is 36.3 Å². The Hall–Kier alpha value is -3.21. The number of amides is 2. The number of halogens is 3. The Kier molecular flexibility index (Phi) is 13.0. The molecule has 2 amide bonds. The van der Waals surface area contributed by atoms with Crippen molar-refractivity contribution in [3.8, 4) is 5.75 Å². The third-order valence-corrected chi connectivity index (χ3v) is 9.47. The Balaban J connectivity index is 1.94. The van der Waals surface area contributed by atoms with Crippen LogP contribution in [0, 0.1) is 5.92 Å². The molecule has 2 heterocycles. The van der Waals surface area contributed by atoms with Gasteiger partial charge in [0, 0.05) is 58.0 Å². The van der Waals surface area contributed by atoms with Gasteiger partial charge in [0.25, 0.3) is 15.9 Å². The van der Waals surface area contributed by atoms with Gasteiger partial charge in [-0.25, -0.2) is 13.4 Å². The lowest BCUT2D eigenvalue weighted by molar-refractivity contribution is -0.142. The smallest absolute Gasteiger partial charge is 0.389 e. The van der Waals surface area contributed by atoms with Crippen LogP contribution in [0.3, 0.4) is 0 Å². The lowest BCUT2D eigenvalue weighted by Gasteiger charge is -2.35. The number of sulfonamides is 1. The van der Waals surface area contributed by atoms with Gasteiger partial charge in [-0.3, -0.25) is 9.59 Å². The summed E-state index contributed by atoms with van der Waals surface area (Å²) in [6, 6.07) is 3.61. The van der Waals surface area contributed by atoms with Crippen LogP contribution in [0.25, 0.3) is 0 Å². The normalized spacial score (nSPS) is 21.3. The number of aliphatic hydroxyl groups is 1. The Morgan fingerprint density at radius 3 is 2.61 bits per heavy atom. The van der Waals surface area contributed by atoms with Crippen LogP contribution >= 0.6 is 0 Å². The van der Waals surface area contributed by atoms with Crippen LogP contribution in [0.15, 0.2) is 35.7 Å². The highest BCUT2D eigenvalue weighted by molar-refractivity contribution is 7.89. The standard InChI is InChI=1S/C30H44F3N5O7S/c1-20-15-38(21(2)18-39)29(41)24-14-23(35-27(40)11-12-30(31,32)33)9-10-25(24)45-22(3)8-6-7-13-44-26(20)16-37(5)46(42,43)28-17-36(4)19-34-28/h9-10,14,17,19-22,26,39H,6-8,11-13,15-16,18H2,1-5H3,(H,35,40)/t20-,21+,22+,26+/m1/s1. The summed E-state index contributed by atoms with van der Waals surface area (Å²) >= 11 is 0. The van der Waals surface area contributed by atoms with E-state index in [2.05, 4.69) is 10.3 Å². The van der Waals surface area contributed by atoms with Crippen molar-refractivity contribution >= 4 is 27.5 Å². The van der Waals surface area contributed by atoms with Gasteiger partial charge in [-0.05, 0) is 51.3 Å². The van der Waals surface area contributed by atoms with Gasteiger partial charge < -0.3 is 29.4 Å². The van der Waals surface area contributed by atoms with E-state index >= 15 is 0 Å². The number of fused-ring (bicyclic) bond motifs is 1. The molecule has 12 nitrogen and oxygen atoms in total. The lowest BCUT2D eigenvalue weighted by atomic mass is 10.0. The number of nitrogens with one attached hydrogen (secondary N) is 1. The molecule has 1 aromatic heterocycles. The van der Waals surface area contributed by atoms with Crippen LogP contribution in [0.1, 0.15) is 63.2 Å². The molecule has 1 aromatic carbocycles. The number of hydrogen-bond acceptors (Lipinski definition) is 8. The second kappa shape index (κ2) is 16.1. The van der Waals surface area contributed by atoms with Crippen molar-refractivity contribution in [1.82, 2.24) is 18.8 Å². The monoisotopic (exact) mass is 675 g/mol. The molecule has 2 N–H and O–H groups in total. The fourth-order valence-corrected chi connectivity index (χ4v) is 6.12. The van der Waals surface area contributed by atoms with Gasteiger partial charge in [0.2, 0.25) is 5.91 Å². The average Bonchev–Trinajstić information content (AvgIpc) is 3.44. The third-order valence-electron chi connectivity index (χ3n) is 7.76. The third kappa shape index (κ3) is 10.4. The van der Waals surface area contributed by atoms with Crippen LogP contribution in [-0.4, -0.2) is 102 Å². The molecule has 1 aliphatic rings. The van der Waals surface area contributed by atoms with Gasteiger partial charge in [0.1, 0.15) is 5.75 Å². The topological polar surface area (TPSA) is 143 Å². The summed E-state index contributed by atoms with van der Waals surface area (Å²) < 4.78 is 79.4. The van der Waals surface area contributed by atoms with Crippen molar-refractivity contribution in [1.29, 1.82) is 0 Å². The zero-order chi connectivity index (χ0) is 34.2. The molecule has 1 aliphatic heterocycles. The Bertz CT molecular complexity index is 1440. The van der Waals surface area contributed by atoms with Crippen molar-refractivity contribution in [3.63, 3.8) is 0 Å². The summed E-state index contributed by atoms with van der Waals surface area (Å²) in [5.41, 5.74) is 0.168. The molecule has 3 rings (SSSR count). The molecule has 0 fully saturated rings. The number of alkyl halides is 3. The molecule has 0 saturated carbocycles. The van der Waals surface area contributed by atoms with E-state index in [1.807, 2.05) is 13.8 Å². The van der Waals surface area contributed by atoms with E-state index in [0.29, 0.717) is 25.9 Å². The molecular formula is C30H44F3N5O7S. The van der Waals surface area contributed by atoms with Crippen molar-refractivity contribution in [2.75, 3.05) is 38.7 Å². The molecule has 0 unspecified atom stereocenters. The highest BCUT2D eigenvalue weighted by atomic mass is 32.2. The number of rotatable bonds is 9. The number of aryl methyl sites for hydroxylation is 1. The maximum atomic E-state index is 14.1. The Morgan fingerprint density at radius 1 is 1.26 bits per heavy atom. The molecule has 0 bridgehead atoms. The van der Waals surface area contributed by atoms with Gasteiger partial charge in [-0.1, -0.05) is 6.92 Å². The average molecular weight is 676 g/mol. The number of carbonyl (C=O) groups excluding carboxylic acids is 2. The van der Waals surface area contributed by atoms with Gasteiger partial charge >= 0.3 is 6.18 Å². The lowest BCUT2D eigenvalue weighted by Crippen LogP contribution is -2.48. The van der Waals surface area contributed by atoms with Crippen LogP contribution < -0.4 is 10.1 Å². The van der Waals surface area contributed by atoms with Crippen LogP contribution in [0.4, 0.5) is 18.9 Å². The van der Waals surface area contributed by atoms with Gasteiger partial charge in [0.05, 0.1) is 43.2 Å². The quantitative estimate of drug-likeness (QED) is 0.409. The molecule has 0 aliphatic carbocycles. The van der Waals surface area contributed by atoms with E-state index in [1.165, 1.54) is 51.5 Å². The van der Waals surface area contributed by atoms with Gasteiger partial charge in [0.15, 0.2) is 5.03 Å². The van der Waals surface area contributed by atoms with Crippen LogP contribution in [0.5, 0.6) is 5.75 Å². The first-order valence-corrected chi connectivity index (χ1v) is 16.6. The number of carbonyl (C=O) groups is 2. The fraction of sp³-hybridized carbons (Fsp3) is 0.633. The van der Waals surface area contributed by atoms with Crippen molar-refractivity contribution in [2.45, 2.75) is 82.3 Å². The maximum Gasteiger partial charge on any atom is 0.389 e. The molecule has 2 aromatic rings. The van der Waals surface area contributed by atoms with E-state index in [0.717, 1.165) is 0 Å². The number of imidazole rings is 1. The van der Waals surface area contributed by atoms with Gasteiger partial charge in [-0.15, -0.1) is 0 Å². The number of likely N-dealkylation sites (N-methyl/N-ethyl adjacent to an activating group) is 1. The SMILES string of the molecule is C[C@@H]1CN([C@@H](C)CO)C(=O)c2cc(NC(=O)CCC(F)(F)F)ccc2O[C@@H](C)CCCCO[C@H]1CN(C)S(=O)(=O)c1cn(C)cn1. The molecule has 0 radical (unpaired) electrons. The molecule has 0 saturated heterocycles. The largest absolute Gasteiger partial charge is 0.490 e. The zero-order valence-corrected chi connectivity index (χ0v) is 27.6. The Labute approximate surface area is 267 Å². The summed E-state index contributed by atoms with van der Waals surface area (Å²) in [7, 11) is -0.835. The minimum absolute atomic E-state index is 0.0280. The van der Waals surface area contributed by atoms with Crippen molar-refractivity contribution in [3.05, 3.63) is 36.3 Å².